The molecule has 2 aliphatic carbocycles. The lowest BCUT2D eigenvalue weighted by Crippen LogP contribution is -1.80. The molecule has 0 heterocycles. The van der Waals surface area contributed by atoms with Crippen LogP contribution in [0.1, 0.15) is 22.3 Å². The van der Waals surface area contributed by atoms with Gasteiger partial charge in [-0.15, -0.1) is 10.2 Å². The van der Waals surface area contributed by atoms with E-state index in [2.05, 4.69) is 84.9 Å². The van der Waals surface area contributed by atoms with Gasteiger partial charge >= 0.3 is 0 Å². The second-order valence-corrected chi connectivity index (χ2v) is 7.49. The second-order valence-electron chi connectivity index (χ2n) is 7.49. The number of hydrogen-bond donors (Lipinski definition) is 0. The van der Waals surface area contributed by atoms with Gasteiger partial charge in [0.25, 0.3) is 0 Å². The predicted octanol–water partition coefficient (Wildman–Crippen LogP) is 7.24. The summed E-state index contributed by atoms with van der Waals surface area (Å²) in [6.07, 6.45) is 1.95. The molecule has 0 bridgehead atoms. The fraction of sp³-hybridized carbons (Fsp3) is 0.0769. The molecule has 132 valence electrons. The summed E-state index contributed by atoms with van der Waals surface area (Å²) in [5, 5.41) is 9.44. The van der Waals surface area contributed by atoms with Crippen LogP contribution in [0.25, 0.3) is 22.3 Å². The molecule has 0 N–H and O–H groups in total. The third-order valence-corrected chi connectivity index (χ3v) is 5.86. The van der Waals surface area contributed by atoms with E-state index in [4.69, 9.17) is 10.2 Å². The second kappa shape index (κ2) is 6.00. The minimum atomic E-state index is 0.950. The zero-order valence-corrected chi connectivity index (χ0v) is 15.4. The van der Waals surface area contributed by atoms with E-state index in [0.717, 1.165) is 24.2 Å². The van der Waals surface area contributed by atoms with Crippen LogP contribution >= 0.6 is 0 Å². The van der Waals surface area contributed by atoms with Gasteiger partial charge in [-0.3, -0.25) is 0 Å². The zero-order valence-electron chi connectivity index (χ0n) is 15.4. The molecular formula is C26H18N2. The van der Waals surface area contributed by atoms with Crippen molar-refractivity contribution in [3.63, 3.8) is 0 Å². The predicted molar refractivity (Wildman–Crippen MR) is 114 cm³/mol. The molecule has 6 rings (SSSR count). The van der Waals surface area contributed by atoms with Crippen molar-refractivity contribution in [1.82, 2.24) is 0 Å². The number of azo groups is 1. The first-order valence-electron chi connectivity index (χ1n) is 9.70. The summed E-state index contributed by atoms with van der Waals surface area (Å²) in [7, 11) is 0. The lowest BCUT2D eigenvalue weighted by Gasteiger charge is -2.06. The smallest absolute Gasteiger partial charge is 0.0938 e. The van der Waals surface area contributed by atoms with Crippen LogP contribution in [0.15, 0.2) is 95.2 Å². The Hall–Kier alpha value is -3.52. The first kappa shape index (κ1) is 15.5. The topological polar surface area (TPSA) is 24.7 Å². The highest BCUT2D eigenvalue weighted by atomic mass is 15.1. The van der Waals surface area contributed by atoms with Crippen LogP contribution in [0.4, 0.5) is 11.4 Å². The van der Waals surface area contributed by atoms with Crippen molar-refractivity contribution < 1.29 is 0 Å². The molecule has 0 saturated carbocycles. The third kappa shape index (κ3) is 2.28. The summed E-state index contributed by atoms with van der Waals surface area (Å²) in [6, 6.07) is 29.9. The van der Waals surface area contributed by atoms with Gasteiger partial charge in [0.2, 0.25) is 0 Å². The molecule has 0 saturated heterocycles. The lowest BCUT2D eigenvalue weighted by molar-refractivity contribution is 1.21. The van der Waals surface area contributed by atoms with Gasteiger partial charge in [0.05, 0.1) is 11.4 Å². The zero-order chi connectivity index (χ0) is 18.5. The summed E-state index contributed by atoms with van der Waals surface area (Å²) in [6.45, 7) is 0. The molecule has 0 amide bonds. The molecular weight excluding hydrogens is 340 g/mol. The number of nitrogens with zero attached hydrogens (tertiary/aromatic N) is 2. The highest BCUT2D eigenvalue weighted by molar-refractivity contribution is 5.87. The lowest BCUT2D eigenvalue weighted by atomic mass is 10.0. The van der Waals surface area contributed by atoms with Gasteiger partial charge in [-0.2, -0.15) is 0 Å². The van der Waals surface area contributed by atoms with Crippen LogP contribution in [0.2, 0.25) is 0 Å². The summed E-state index contributed by atoms with van der Waals surface area (Å²) >= 11 is 0. The minimum absolute atomic E-state index is 0.950. The number of rotatable bonds is 2. The Bertz CT molecular complexity index is 1170. The average molecular weight is 358 g/mol. The molecule has 0 unspecified atom stereocenters. The Labute approximate surface area is 164 Å². The maximum absolute atomic E-state index is 4.72. The normalized spacial score (nSPS) is 13.3. The SMILES string of the molecule is c1ccc2c(c1)Cc1cccc(N=Nc3cccc4c3-c3ccccc3C4)c1-2. The standard InChI is InChI=1S/C26H18N2/c1-3-11-21-17(7-1)15-19-9-5-13-23(25(19)21)27-28-24-14-6-10-20-16-18-8-2-4-12-22(18)26(20)24/h1-14H,15-16H2. The van der Waals surface area contributed by atoms with E-state index >= 15 is 0 Å². The molecule has 2 nitrogen and oxygen atoms in total. The van der Waals surface area contributed by atoms with E-state index in [-0.39, 0.29) is 0 Å². The van der Waals surface area contributed by atoms with Crippen LogP contribution in [-0.4, -0.2) is 0 Å². The number of fused-ring (bicyclic) bond motifs is 6. The van der Waals surface area contributed by atoms with Gasteiger partial charge in [0.1, 0.15) is 0 Å². The van der Waals surface area contributed by atoms with E-state index in [1.807, 2.05) is 0 Å². The van der Waals surface area contributed by atoms with Crippen molar-refractivity contribution in [3.05, 3.63) is 107 Å². The molecule has 0 fully saturated rings. The van der Waals surface area contributed by atoms with Gasteiger partial charge in [0, 0.05) is 11.1 Å². The molecule has 2 heteroatoms. The molecule has 0 atom stereocenters. The number of benzene rings is 4. The first-order chi connectivity index (χ1) is 13.9. The molecule has 0 radical (unpaired) electrons. The van der Waals surface area contributed by atoms with Crippen molar-refractivity contribution in [3.8, 4) is 22.3 Å². The van der Waals surface area contributed by atoms with Crippen LogP contribution in [-0.2, 0) is 12.8 Å². The van der Waals surface area contributed by atoms with E-state index in [1.165, 1.54) is 44.5 Å². The van der Waals surface area contributed by atoms with Gasteiger partial charge in [-0.1, -0.05) is 72.8 Å². The molecule has 0 spiro atoms. The fourth-order valence-corrected chi connectivity index (χ4v) is 4.61. The summed E-state index contributed by atoms with van der Waals surface area (Å²) in [4.78, 5) is 0. The van der Waals surface area contributed by atoms with Gasteiger partial charge in [-0.05, 0) is 58.4 Å². The molecule has 2 aliphatic rings. The third-order valence-electron chi connectivity index (χ3n) is 5.86. The van der Waals surface area contributed by atoms with E-state index in [9.17, 15) is 0 Å². The van der Waals surface area contributed by atoms with Gasteiger partial charge in [0.15, 0.2) is 0 Å². The maximum atomic E-state index is 4.72. The Balaban J connectivity index is 1.47. The Morgan fingerprint density at radius 3 is 1.36 bits per heavy atom. The summed E-state index contributed by atoms with van der Waals surface area (Å²) in [5.74, 6) is 0. The van der Waals surface area contributed by atoms with Crippen LogP contribution < -0.4 is 0 Å². The molecule has 28 heavy (non-hydrogen) atoms. The molecule has 4 aromatic rings. The first-order valence-corrected chi connectivity index (χ1v) is 9.70. The quantitative estimate of drug-likeness (QED) is 0.291. The Kier molecular flexibility index (Phi) is 3.33. The highest BCUT2D eigenvalue weighted by Crippen LogP contribution is 2.45. The monoisotopic (exact) mass is 358 g/mol. The molecule has 0 aliphatic heterocycles. The molecule has 4 aromatic carbocycles. The Morgan fingerprint density at radius 2 is 0.857 bits per heavy atom. The van der Waals surface area contributed by atoms with E-state index in [1.54, 1.807) is 0 Å². The van der Waals surface area contributed by atoms with Crippen molar-refractivity contribution in [2.45, 2.75) is 12.8 Å². The van der Waals surface area contributed by atoms with E-state index in [0.29, 0.717) is 0 Å². The molecule has 0 aromatic heterocycles. The summed E-state index contributed by atoms with van der Waals surface area (Å²) in [5.41, 5.74) is 12.3. The van der Waals surface area contributed by atoms with Gasteiger partial charge < -0.3 is 0 Å². The van der Waals surface area contributed by atoms with Crippen molar-refractivity contribution >= 4 is 11.4 Å². The Morgan fingerprint density at radius 1 is 0.429 bits per heavy atom. The summed E-state index contributed by atoms with van der Waals surface area (Å²) < 4.78 is 0. The maximum Gasteiger partial charge on any atom is 0.0938 e. The van der Waals surface area contributed by atoms with E-state index < -0.39 is 0 Å². The van der Waals surface area contributed by atoms with Crippen molar-refractivity contribution in [1.29, 1.82) is 0 Å². The van der Waals surface area contributed by atoms with Crippen molar-refractivity contribution in [2.24, 2.45) is 10.2 Å². The largest absolute Gasteiger partial charge is 0.150 e. The van der Waals surface area contributed by atoms with Crippen LogP contribution in [0, 0.1) is 0 Å². The number of hydrogen-bond acceptors (Lipinski definition) is 2. The van der Waals surface area contributed by atoms with Crippen molar-refractivity contribution in [2.75, 3.05) is 0 Å². The fourth-order valence-electron chi connectivity index (χ4n) is 4.61. The average Bonchev–Trinajstić information content (AvgIpc) is 3.31. The van der Waals surface area contributed by atoms with Gasteiger partial charge in [-0.25, -0.2) is 0 Å². The minimum Gasteiger partial charge on any atom is -0.150 e. The highest BCUT2D eigenvalue weighted by Gasteiger charge is 2.22. The van der Waals surface area contributed by atoms with Crippen LogP contribution in [0.5, 0.6) is 0 Å². The van der Waals surface area contributed by atoms with Crippen LogP contribution in [0.3, 0.4) is 0 Å².